The number of aromatic amines is 4. The minimum Gasteiger partial charge on any atom is -0.338 e. The number of H-pyrrole nitrogens is 4. The average molecular weight is 2080 g/mol. The predicted molar refractivity (Wildman–Crippen MR) is 596 cm³/mol. The Hall–Kier alpha value is -15.1. The summed E-state index contributed by atoms with van der Waals surface area (Å²) in [4.78, 5) is 134. The predicted octanol–water partition coefficient (Wildman–Crippen LogP) is 29.3. The SMILES string of the molecule is Cc1cc(Cl)cc(C(=O)Nc2ccc(-c3nc4ccc(NC(=O)C56CC7CC(CC(C7)C5)C6)cc4[nH]3)cc2)c1.Cc1cc(Cl)cc(C(=O)Nc2ccc(-c3nc4ccc(NC(=O)C5CC5c5ccccc5)cc4[nH]3)cc2)c1.Cc1cc(Cl)cc(C(=O)Nc2ccc(-c3nc4ccc(NC(=O)C5CCCCCC5)cc4[nH]3)cc2)c1.O=C(Nc1ccc(-c2nc3ccc(NC(=O)C4CC5CCC4C5)cc3[nH]2)cc1)c1cc(Cl)cc(Cl)c1. The second-order valence-electron chi connectivity index (χ2n) is 41.1. The second-order valence-corrected chi connectivity index (χ2v) is 43.2. The van der Waals surface area contributed by atoms with E-state index < -0.39 is 0 Å². The molecule has 8 aliphatic carbocycles. The van der Waals surface area contributed by atoms with E-state index in [1.54, 1.807) is 48.5 Å². The van der Waals surface area contributed by atoms with Crippen molar-refractivity contribution in [2.75, 3.05) is 42.5 Å². The molecule has 8 fully saturated rings. The summed E-state index contributed by atoms with van der Waals surface area (Å²) < 4.78 is 0. The van der Waals surface area contributed by atoms with Gasteiger partial charge in [0.15, 0.2) is 0 Å². The number of hydrogen-bond acceptors (Lipinski definition) is 12. The van der Waals surface area contributed by atoms with Gasteiger partial charge >= 0.3 is 0 Å². The van der Waals surface area contributed by atoms with Crippen LogP contribution in [0, 0.1) is 73.5 Å². The maximum Gasteiger partial charge on any atom is 0.255 e. The number of carbonyl (C=O) groups excluding carboxylic acids is 8. The van der Waals surface area contributed by atoms with Crippen LogP contribution in [-0.4, -0.2) is 87.1 Å². The van der Waals surface area contributed by atoms with E-state index in [0.29, 0.717) is 93.6 Å². The number of nitrogens with one attached hydrogen (secondary N) is 12. The minimum atomic E-state index is -0.295. The molecule has 24 nitrogen and oxygen atoms in total. The molecule has 4 heterocycles. The van der Waals surface area contributed by atoms with Crippen LogP contribution in [0.4, 0.5) is 45.5 Å². The molecule has 5 unspecified atom stereocenters. The number of rotatable bonds is 21. The van der Waals surface area contributed by atoms with Crippen LogP contribution in [0.15, 0.2) is 273 Å². The van der Waals surface area contributed by atoms with Crippen LogP contribution < -0.4 is 42.5 Å². The zero-order valence-corrected chi connectivity index (χ0v) is 85.9. The fourth-order valence-electron chi connectivity index (χ4n) is 22.9. The Bertz CT molecular complexity index is 7900. The summed E-state index contributed by atoms with van der Waals surface area (Å²) in [7, 11) is 0. The van der Waals surface area contributed by atoms with E-state index in [-0.39, 0.29) is 70.4 Å². The first-order valence-electron chi connectivity index (χ1n) is 50.8. The summed E-state index contributed by atoms with van der Waals surface area (Å²) in [5, 5.41) is 26.5. The van der Waals surface area contributed by atoms with E-state index in [9.17, 15) is 38.4 Å². The third-order valence-corrected chi connectivity index (χ3v) is 31.0. The number of hydrogen-bond donors (Lipinski definition) is 12. The quantitative estimate of drug-likeness (QED) is 0.0299. The number of carbonyl (C=O) groups is 8. The van der Waals surface area contributed by atoms with Gasteiger partial charge in [0.2, 0.25) is 23.6 Å². The molecule has 0 spiro atoms. The highest BCUT2D eigenvalue weighted by atomic mass is 35.5. The topological polar surface area (TPSA) is 348 Å². The smallest absolute Gasteiger partial charge is 0.255 e. The Morgan fingerprint density at radius 1 is 0.289 bits per heavy atom. The number of anilines is 8. The van der Waals surface area contributed by atoms with Gasteiger partial charge < -0.3 is 62.5 Å². The van der Waals surface area contributed by atoms with Gasteiger partial charge in [0.05, 0.1) is 49.5 Å². The number of halogens is 5. The zero-order chi connectivity index (χ0) is 103. The van der Waals surface area contributed by atoms with Crippen molar-refractivity contribution in [1.29, 1.82) is 0 Å². The molecule has 8 saturated carbocycles. The number of aromatic nitrogens is 8. The third kappa shape index (κ3) is 23.7. The van der Waals surface area contributed by atoms with Crippen molar-refractivity contribution < 1.29 is 38.4 Å². The highest BCUT2D eigenvalue weighted by Crippen LogP contribution is 2.61. The van der Waals surface area contributed by atoms with Gasteiger partial charge in [-0.05, 0) is 398 Å². The number of aryl methyl sites for hydroxylation is 3. The number of fused-ring (bicyclic) bond motifs is 6. The second kappa shape index (κ2) is 43.4. The fraction of sp³-hybridized carbons (Fsp3) is 0.250. The molecule has 8 aliphatic rings. The number of benzene rings is 13. The van der Waals surface area contributed by atoms with E-state index in [2.05, 4.69) is 84.6 Å². The van der Waals surface area contributed by atoms with Crippen LogP contribution >= 0.6 is 58.0 Å². The van der Waals surface area contributed by atoms with Crippen molar-refractivity contribution in [3.63, 3.8) is 0 Å². The number of imidazole rings is 4. The van der Waals surface area contributed by atoms with Crippen molar-refractivity contribution in [3.05, 3.63) is 343 Å². The molecule has 12 N–H and O–H groups in total. The first kappa shape index (κ1) is 99.9. The van der Waals surface area contributed by atoms with E-state index >= 15 is 0 Å². The number of amides is 8. The lowest BCUT2D eigenvalue weighted by Gasteiger charge is -2.55. The van der Waals surface area contributed by atoms with Gasteiger partial charge in [-0.2, -0.15) is 0 Å². The monoisotopic (exact) mass is 2080 g/mol. The number of nitrogens with zero attached hydrogens (tertiary/aromatic N) is 4. The van der Waals surface area contributed by atoms with Crippen molar-refractivity contribution in [2.45, 2.75) is 136 Å². The van der Waals surface area contributed by atoms with Crippen LogP contribution in [0.5, 0.6) is 0 Å². The Morgan fingerprint density at radius 2 is 0.611 bits per heavy atom. The van der Waals surface area contributed by atoms with Crippen LogP contribution in [0.25, 0.3) is 89.7 Å². The normalized spacial score (nSPS) is 19.2. The highest BCUT2D eigenvalue weighted by Gasteiger charge is 2.55. The van der Waals surface area contributed by atoms with Crippen molar-refractivity contribution in [3.8, 4) is 45.6 Å². The summed E-state index contributed by atoms with van der Waals surface area (Å²) in [6.45, 7) is 5.71. The first-order valence-corrected chi connectivity index (χ1v) is 52.7. The molecule has 4 aromatic heterocycles. The van der Waals surface area contributed by atoms with E-state index in [4.69, 9.17) is 68.0 Å². The van der Waals surface area contributed by atoms with Gasteiger partial charge in [0, 0.05) is 133 Å². The van der Waals surface area contributed by atoms with Gasteiger partial charge in [-0.1, -0.05) is 120 Å². The lowest BCUT2D eigenvalue weighted by atomic mass is 9.49. The van der Waals surface area contributed by atoms with E-state index in [0.717, 1.165) is 199 Å². The van der Waals surface area contributed by atoms with Gasteiger partial charge in [-0.15, -0.1) is 0 Å². The van der Waals surface area contributed by atoms with Gasteiger partial charge in [-0.25, -0.2) is 19.9 Å². The lowest BCUT2D eigenvalue weighted by molar-refractivity contribution is -0.140. The summed E-state index contributed by atoms with van der Waals surface area (Å²) >= 11 is 30.3. The molecule has 0 aliphatic heterocycles. The molecular formula is C120H109Cl5N16O8. The Labute approximate surface area is 886 Å². The fourth-order valence-corrected chi connectivity index (χ4v) is 24.3. The lowest BCUT2D eigenvalue weighted by Crippen LogP contribution is -2.51. The summed E-state index contributed by atoms with van der Waals surface area (Å²) in [5.41, 5.74) is 21.8. The molecule has 149 heavy (non-hydrogen) atoms. The van der Waals surface area contributed by atoms with Crippen LogP contribution in [0.2, 0.25) is 25.1 Å². The maximum atomic E-state index is 13.5. The van der Waals surface area contributed by atoms with Crippen LogP contribution in [0.1, 0.15) is 179 Å². The molecule has 5 atom stereocenters. The van der Waals surface area contributed by atoms with Crippen molar-refractivity contribution in [2.24, 2.45) is 52.8 Å². The first-order chi connectivity index (χ1) is 72.1. The minimum absolute atomic E-state index is 0.00679. The zero-order valence-electron chi connectivity index (χ0n) is 82.1. The molecular weight excluding hydrogens is 1970 g/mol. The van der Waals surface area contributed by atoms with E-state index in [1.807, 2.05) is 233 Å². The summed E-state index contributed by atoms with van der Waals surface area (Å²) in [5.74, 6) is 6.47. The van der Waals surface area contributed by atoms with Crippen molar-refractivity contribution in [1.82, 2.24) is 39.9 Å². The molecule has 6 bridgehead atoms. The molecule has 17 aromatic rings. The summed E-state index contributed by atoms with van der Waals surface area (Å²) in [6.07, 6.45) is 19.3. The van der Waals surface area contributed by atoms with Gasteiger partial charge in [-0.3, -0.25) is 38.4 Å². The van der Waals surface area contributed by atoms with E-state index in [1.165, 1.54) is 56.9 Å². The van der Waals surface area contributed by atoms with Crippen LogP contribution in [0.3, 0.4) is 0 Å². The molecule has 0 radical (unpaired) electrons. The largest absolute Gasteiger partial charge is 0.338 e. The maximum absolute atomic E-state index is 13.5. The molecule has 25 rings (SSSR count). The molecule has 29 heteroatoms. The Balaban J connectivity index is 0.000000116. The summed E-state index contributed by atoms with van der Waals surface area (Å²) in [6, 6.07) is 83.7. The van der Waals surface area contributed by atoms with Gasteiger partial charge in [0.1, 0.15) is 23.3 Å². The standard InChI is InChI=1S/C32H31ClN4O2.C31H25ClN4O2.C29H29ClN4O2.C28H24Cl2N4O2/c1-18-8-23(13-24(33)9-18)30(38)34-25-4-2-22(3-5-25)29-36-27-7-6-26(14-28(27)37-29)35-31(39)32-15-19-10-20(16-32)12-21(11-19)17-32;1-18-13-21(15-22(32)14-18)30(37)33-23-9-7-20(8-10-23)29-35-27-12-11-24(16-28(27)36-29)34-31(38)26-17-25(26)19-5-3-2-4-6-19;1-18-14-21(16-22(30)15-18)29(36)31-23-10-8-19(9-11-23)27-33-25-13-12-24(17-26(25)34-27)32-28(35)20-6-4-2-3-5-7-20;29-19-11-18(12-20(30)13-19)27(35)31-21-5-3-16(4-6-21)26-33-24-8-7-22(14-25(24)34-26)32-28(36)23-10-15-1-2-17(23)9-15/h2-9,13-14,19-21H,10-12,15-17H2,1H3,(H,34,38)(H,35,39)(H,36,37);2-16,25-26H,17H2,1H3,(H,33,37)(H,34,38)(H,35,36);8-17,20H,2-7H2,1H3,(H,31,36)(H,32,35)(H,33,34);3-8,11-15,17,23H,1-2,9-10H2,(H,31,35)(H,32,36)(H,33,34). The molecule has 752 valence electrons. The Kier molecular flexibility index (Phi) is 29.1. The van der Waals surface area contributed by atoms with Crippen LogP contribution in [-0.2, 0) is 19.2 Å². The highest BCUT2D eigenvalue weighted by molar-refractivity contribution is 6.35. The van der Waals surface area contributed by atoms with Crippen molar-refractivity contribution >= 4 is 195 Å². The van der Waals surface area contributed by atoms with Gasteiger partial charge in [0.25, 0.3) is 23.6 Å². The molecule has 0 saturated heterocycles. The Morgan fingerprint density at radius 3 is 0.946 bits per heavy atom. The average Bonchev–Trinajstić information content (AvgIpc) is 1.62. The third-order valence-electron chi connectivity index (χ3n) is 29.9. The molecule has 8 amide bonds. The molecule has 13 aromatic carbocycles.